The molecule has 29 heavy (non-hydrogen) atoms. The summed E-state index contributed by atoms with van der Waals surface area (Å²) >= 11 is 0. The van der Waals surface area contributed by atoms with Crippen molar-refractivity contribution in [2.75, 3.05) is 20.2 Å². The first-order valence-electron chi connectivity index (χ1n) is 9.54. The molecule has 0 saturated carbocycles. The summed E-state index contributed by atoms with van der Waals surface area (Å²) in [6.45, 7) is 4.73. The molecular weight excluding hydrogens is 482 g/mol. The number of ether oxygens (including phenoxy) is 1. The Morgan fingerprint density at radius 2 is 1.90 bits per heavy atom. The van der Waals surface area contributed by atoms with E-state index in [1.807, 2.05) is 31.3 Å². The number of nitrogens with one attached hydrogen (secondary N) is 3. The minimum Gasteiger partial charge on any atom is -0.380 e. The minimum absolute atomic E-state index is 0. The zero-order valence-corrected chi connectivity index (χ0v) is 19.1. The van der Waals surface area contributed by atoms with Gasteiger partial charge < -0.3 is 20.4 Å². The van der Waals surface area contributed by atoms with Crippen molar-refractivity contribution < 1.29 is 9.13 Å². The molecule has 5 nitrogen and oxygen atoms in total. The number of rotatable bonds is 8. The molecule has 0 bridgehead atoms. The van der Waals surface area contributed by atoms with E-state index < -0.39 is 0 Å². The van der Waals surface area contributed by atoms with Gasteiger partial charge >= 0.3 is 0 Å². The molecule has 3 N–H and O–H groups in total. The number of H-pyrrole nitrogens is 1. The Kier molecular flexibility index (Phi) is 9.40. The van der Waals surface area contributed by atoms with E-state index >= 15 is 0 Å². The topological polar surface area (TPSA) is 61.4 Å². The van der Waals surface area contributed by atoms with Crippen LogP contribution >= 0.6 is 24.0 Å². The van der Waals surface area contributed by atoms with Crippen molar-refractivity contribution in [3.63, 3.8) is 0 Å². The number of nitrogens with zero attached hydrogens (tertiary/aromatic N) is 1. The molecule has 0 aliphatic rings. The van der Waals surface area contributed by atoms with Crippen molar-refractivity contribution in [1.29, 1.82) is 0 Å². The minimum atomic E-state index is -0.227. The second kappa shape index (κ2) is 11.8. The number of aromatic amines is 1. The summed E-state index contributed by atoms with van der Waals surface area (Å²) in [5, 5.41) is 7.71. The van der Waals surface area contributed by atoms with E-state index in [4.69, 9.17) is 9.73 Å². The van der Waals surface area contributed by atoms with E-state index in [1.165, 1.54) is 12.1 Å². The zero-order valence-electron chi connectivity index (χ0n) is 16.8. The fraction of sp³-hybridized carbons (Fsp3) is 0.318. The first-order chi connectivity index (χ1) is 13.7. The van der Waals surface area contributed by atoms with Crippen molar-refractivity contribution >= 4 is 40.8 Å². The molecule has 7 heteroatoms. The van der Waals surface area contributed by atoms with Crippen LogP contribution in [0, 0.1) is 5.82 Å². The summed E-state index contributed by atoms with van der Waals surface area (Å²) in [5.41, 5.74) is 4.28. The van der Waals surface area contributed by atoms with Crippen molar-refractivity contribution in [2.24, 2.45) is 4.99 Å². The lowest BCUT2D eigenvalue weighted by atomic mass is 10.1. The van der Waals surface area contributed by atoms with Crippen LogP contribution in [0.3, 0.4) is 0 Å². The van der Waals surface area contributed by atoms with Crippen LogP contribution in [0.15, 0.2) is 53.7 Å². The number of guanidine groups is 1. The Morgan fingerprint density at radius 3 is 2.66 bits per heavy atom. The maximum Gasteiger partial charge on any atom is 0.191 e. The van der Waals surface area contributed by atoms with E-state index in [-0.39, 0.29) is 29.8 Å². The lowest BCUT2D eigenvalue weighted by Gasteiger charge is -2.12. The molecule has 0 saturated heterocycles. The largest absolute Gasteiger partial charge is 0.380 e. The van der Waals surface area contributed by atoms with Crippen molar-refractivity contribution in [2.45, 2.75) is 26.5 Å². The summed E-state index contributed by atoms with van der Waals surface area (Å²) in [7, 11) is 1.70. The SMILES string of the molecule is CCNC(=NCc1ccccc1COC)NCCc1c[nH]c2cc(F)ccc12.I. The van der Waals surface area contributed by atoms with Gasteiger partial charge in [0.05, 0.1) is 13.2 Å². The number of fused-ring (bicyclic) bond motifs is 1. The van der Waals surface area contributed by atoms with Crippen LogP contribution in [0.2, 0.25) is 0 Å². The van der Waals surface area contributed by atoms with Crippen LogP contribution in [0.1, 0.15) is 23.6 Å². The Hall–Kier alpha value is -2.13. The first-order valence-corrected chi connectivity index (χ1v) is 9.54. The number of aliphatic imine (C=N–C) groups is 1. The fourth-order valence-corrected chi connectivity index (χ4v) is 3.19. The highest BCUT2D eigenvalue weighted by Gasteiger charge is 2.06. The predicted molar refractivity (Wildman–Crippen MR) is 127 cm³/mol. The maximum absolute atomic E-state index is 13.3. The third kappa shape index (κ3) is 6.43. The smallest absolute Gasteiger partial charge is 0.191 e. The third-order valence-electron chi connectivity index (χ3n) is 4.59. The maximum atomic E-state index is 13.3. The molecule has 0 atom stereocenters. The van der Waals surface area contributed by atoms with Gasteiger partial charge in [-0.2, -0.15) is 0 Å². The second-order valence-corrected chi connectivity index (χ2v) is 6.58. The number of methoxy groups -OCH3 is 1. The highest BCUT2D eigenvalue weighted by molar-refractivity contribution is 14.0. The summed E-state index contributed by atoms with van der Waals surface area (Å²) in [6, 6.07) is 13.0. The monoisotopic (exact) mass is 510 g/mol. The lowest BCUT2D eigenvalue weighted by Crippen LogP contribution is -2.38. The highest BCUT2D eigenvalue weighted by atomic mass is 127. The van der Waals surface area contributed by atoms with Crippen LogP contribution in [0.25, 0.3) is 10.9 Å². The summed E-state index contributed by atoms with van der Waals surface area (Å²) in [5.74, 6) is 0.551. The van der Waals surface area contributed by atoms with Gasteiger partial charge in [0, 0.05) is 37.3 Å². The molecule has 3 aromatic rings. The zero-order chi connectivity index (χ0) is 19.8. The highest BCUT2D eigenvalue weighted by Crippen LogP contribution is 2.19. The van der Waals surface area contributed by atoms with Gasteiger partial charge in [-0.1, -0.05) is 24.3 Å². The van der Waals surface area contributed by atoms with Gasteiger partial charge in [-0.25, -0.2) is 9.38 Å². The van der Waals surface area contributed by atoms with E-state index in [2.05, 4.69) is 27.8 Å². The molecule has 0 amide bonds. The number of hydrogen-bond donors (Lipinski definition) is 3. The Bertz CT molecular complexity index is 941. The van der Waals surface area contributed by atoms with Crippen LogP contribution in [0.5, 0.6) is 0 Å². The molecule has 1 aromatic heterocycles. The van der Waals surface area contributed by atoms with Gasteiger partial charge in [-0.15, -0.1) is 24.0 Å². The molecule has 3 rings (SSSR count). The summed E-state index contributed by atoms with van der Waals surface area (Å²) < 4.78 is 18.6. The normalized spacial score (nSPS) is 11.3. The van der Waals surface area contributed by atoms with E-state index in [1.54, 1.807) is 7.11 Å². The molecule has 2 aromatic carbocycles. The molecule has 156 valence electrons. The van der Waals surface area contributed by atoms with Crippen LogP contribution in [0.4, 0.5) is 4.39 Å². The van der Waals surface area contributed by atoms with Crippen LogP contribution < -0.4 is 10.6 Å². The Morgan fingerprint density at radius 1 is 1.10 bits per heavy atom. The molecule has 0 unspecified atom stereocenters. The first kappa shape index (κ1) is 23.2. The molecule has 0 radical (unpaired) electrons. The fourth-order valence-electron chi connectivity index (χ4n) is 3.19. The molecule has 0 spiro atoms. The number of halogens is 2. The number of aromatic nitrogens is 1. The van der Waals surface area contributed by atoms with E-state index in [0.717, 1.165) is 53.1 Å². The Balaban J connectivity index is 0.00000300. The second-order valence-electron chi connectivity index (χ2n) is 6.58. The summed E-state index contributed by atoms with van der Waals surface area (Å²) in [6.07, 6.45) is 2.76. The van der Waals surface area contributed by atoms with Gasteiger partial charge in [0.15, 0.2) is 5.96 Å². The number of hydrogen-bond acceptors (Lipinski definition) is 2. The quantitative estimate of drug-likeness (QED) is 0.240. The summed E-state index contributed by atoms with van der Waals surface area (Å²) in [4.78, 5) is 7.83. The average molecular weight is 510 g/mol. The molecular formula is C22H28FIN4O. The van der Waals surface area contributed by atoms with Gasteiger partial charge in [0.2, 0.25) is 0 Å². The standard InChI is InChI=1S/C22H27FN4O.HI/c1-3-24-22(27-13-16-6-4-5-7-18(16)15-28-2)25-11-10-17-14-26-21-12-19(23)8-9-20(17)21;/h4-9,12,14,26H,3,10-11,13,15H2,1-2H3,(H2,24,25,27);1H. The lowest BCUT2D eigenvalue weighted by molar-refractivity contribution is 0.184. The van der Waals surface area contributed by atoms with Gasteiger partial charge in [0.25, 0.3) is 0 Å². The van der Waals surface area contributed by atoms with Gasteiger partial charge in [-0.3, -0.25) is 0 Å². The molecule has 1 heterocycles. The number of benzene rings is 2. The molecule has 0 aliphatic heterocycles. The van der Waals surface area contributed by atoms with Gasteiger partial charge in [0.1, 0.15) is 5.82 Å². The van der Waals surface area contributed by atoms with Crippen LogP contribution in [-0.2, 0) is 24.3 Å². The van der Waals surface area contributed by atoms with Crippen molar-refractivity contribution in [3.8, 4) is 0 Å². The molecule has 0 fully saturated rings. The third-order valence-corrected chi connectivity index (χ3v) is 4.59. The van der Waals surface area contributed by atoms with Crippen molar-refractivity contribution in [1.82, 2.24) is 15.6 Å². The van der Waals surface area contributed by atoms with Gasteiger partial charge in [-0.05, 0) is 48.2 Å². The molecule has 0 aliphatic carbocycles. The van der Waals surface area contributed by atoms with E-state index in [0.29, 0.717) is 13.2 Å². The Labute approximate surface area is 188 Å². The van der Waals surface area contributed by atoms with Crippen LogP contribution in [-0.4, -0.2) is 31.1 Å². The van der Waals surface area contributed by atoms with E-state index in [9.17, 15) is 4.39 Å². The average Bonchev–Trinajstić information content (AvgIpc) is 3.09. The van der Waals surface area contributed by atoms with Crippen molar-refractivity contribution in [3.05, 3.63) is 71.2 Å². The predicted octanol–water partition coefficient (Wildman–Crippen LogP) is 4.37.